The van der Waals surface area contributed by atoms with Crippen LogP contribution in [-0.2, 0) is 0 Å². The number of carbonyl (C=O) groups is 1. The topological polar surface area (TPSA) is 85.6 Å². The van der Waals surface area contributed by atoms with Gasteiger partial charge in [0.05, 0.1) is 18.2 Å². The molecule has 4 rings (SSSR count). The number of oxazole rings is 1. The van der Waals surface area contributed by atoms with E-state index in [1.54, 1.807) is 25.3 Å². The molecule has 2 N–H and O–H groups in total. The van der Waals surface area contributed by atoms with Crippen molar-refractivity contribution in [3.8, 4) is 23.0 Å². The van der Waals surface area contributed by atoms with Crippen molar-refractivity contribution in [2.45, 2.75) is 6.92 Å². The molecule has 9 heteroatoms. The Morgan fingerprint density at radius 3 is 2.76 bits per heavy atom. The number of fused-ring (bicyclic) bond motifs is 1. The molecule has 1 heterocycles. The third-order valence-electron chi connectivity index (χ3n) is 4.68. The van der Waals surface area contributed by atoms with Gasteiger partial charge in [0.1, 0.15) is 17.0 Å². The van der Waals surface area contributed by atoms with Crippen LogP contribution in [0.4, 0.5) is 5.69 Å². The monoisotopic (exact) mass is 525 g/mol. The van der Waals surface area contributed by atoms with Crippen LogP contribution in [0.2, 0.25) is 0 Å². The van der Waals surface area contributed by atoms with Crippen molar-refractivity contribution in [3.63, 3.8) is 0 Å². The minimum Gasteiger partial charge on any atom is -0.497 e. The molecule has 7 nitrogen and oxygen atoms in total. The number of hydrogen-bond donors (Lipinski definition) is 2. The van der Waals surface area contributed by atoms with Crippen LogP contribution in [0.3, 0.4) is 0 Å². The molecular weight excluding hydrogens is 506 g/mol. The normalized spacial score (nSPS) is 10.6. The number of nitrogens with zero attached hydrogens (tertiary/aromatic N) is 1. The highest BCUT2D eigenvalue weighted by atomic mass is 79.9. The van der Waals surface area contributed by atoms with Crippen LogP contribution in [-0.4, -0.2) is 29.7 Å². The number of hydrogen-bond acceptors (Lipinski definition) is 6. The zero-order valence-electron chi connectivity index (χ0n) is 17.8. The number of amides is 1. The fourth-order valence-electron chi connectivity index (χ4n) is 3.14. The van der Waals surface area contributed by atoms with Gasteiger partial charge in [-0.15, -0.1) is 0 Å². The second-order valence-corrected chi connectivity index (χ2v) is 8.18. The van der Waals surface area contributed by atoms with E-state index >= 15 is 0 Å². The molecule has 0 saturated heterocycles. The second kappa shape index (κ2) is 10.0. The zero-order valence-corrected chi connectivity index (χ0v) is 20.2. The van der Waals surface area contributed by atoms with Crippen LogP contribution in [0, 0.1) is 0 Å². The van der Waals surface area contributed by atoms with Crippen LogP contribution in [0.5, 0.6) is 11.5 Å². The minimum absolute atomic E-state index is 0.171. The van der Waals surface area contributed by atoms with E-state index in [1.807, 2.05) is 49.4 Å². The van der Waals surface area contributed by atoms with E-state index < -0.39 is 0 Å². The van der Waals surface area contributed by atoms with Gasteiger partial charge in [0, 0.05) is 22.9 Å². The summed E-state index contributed by atoms with van der Waals surface area (Å²) in [6.07, 6.45) is 0. The first-order valence-electron chi connectivity index (χ1n) is 10.1. The van der Waals surface area contributed by atoms with Crippen LogP contribution in [0.15, 0.2) is 69.6 Å². The number of ether oxygens (including phenoxy) is 2. The second-order valence-electron chi connectivity index (χ2n) is 6.92. The van der Waals surface area contributed by atoms with Gasteiger partial charge in [-0.05, 0) is 83.6 Å². The summed E-state index contributed by atoms with van der Waals surface area (Å²) in [5.41, 5.74) is 3.26. The molecule has 0 aliphatic rings. The summed E-state index contributed by atoms with van der Waals surface area (Å²) < 4.78 is 17.3. The zero-order chi connectivity index (χ0) is 23.4. The van der Waals surface area contributed by atoms with Crippen molar-refractivity contribution >= 4 is 56.0 Å². The minimum atomic E-state index is -0.333. The Balaban J connectivity index is 1.45. The van der Waals surface area contributed by atoms with Gasteiger partial charge in [0.25, 0.3) is 5.91 Å². The molecule has 3 aromatic carbocycles. The number of carbonyl (C=O) groups excluding carboxylic acids is 1. The predicted octanol–water partition coefficient (Wildman–Crippen LogP) is 5.79. The number of methoxy groups -OCH3 is 1. The first kappa shape index (κ1) is 22.8. The van der Waals surface area contributed by atoms with Gasteiger partial charge in [0.2, 0.25) is 5.89 Å². The molecular formula is C24H20BrN3O4S. The Morgan fingerprint density at radius 1 is 1.15 bits per heavy atom. The number of rotatable bonds is 6. The molecule has 168 valence electrons. The van der Waals surface area contributed by atoms with Gasteiger partial charge in [-0.3, -0.25) is 10.1 Å². The van der Waals surface area contributed by atoms with Crippen LogP contribution in [0.25, 0.3) is 22.6 Å². The molecule has 33 heavy (non-hydrogen) atoms. The SMILES string of the molecule is CCOc1ccc(C(=O)NC(=S)Nc2cccc(-c3nc4cc(OC)ccc4o3)c2)cc1Br. The van der Waals surface area contributed by atoms with Gasteiger partial charge < -0.3 is 19.2 Å². The first-order valence-corrected chi connectivity index (χ1v) is 11.3. The average molecular weight is 526 g/mol. The highest BCUT2D eigenvalue weighted by Crippen LogP contribution is 2.28. The number of benzene rings is 3. The van der Waals surface area contributed by atoms with E-state index in [-0.39, 0.29) is 11.0 Å². The molecule has 0 radical (unpaired) electrons. The van der Waals surface area contributed by atoms with Crippen LogP contribution < -0.4 is 20.1 Å². The van der Waals surface area contributed by atoms with Crippen LogP contribution >= 0.6 is 28.1 Å². The Hall–Kier alpha value is -3.43. The van der Waals surface area contributed by atoms with Crippen molar-refractivity contribution in [1.82, 2.24) is 10.3 Å². The van der Waals surface area contributed by atoms with E-state index in [2.05, 4.69) is 31.5 Å². The van der Waals surface area contributed by atoms with E-state index in [9.17, 15) is 4.79 Å². The number of halogens is 1. The standard InChI is InChI=1S/C24H20BrN3O4S/c1-3-31-20-9-7-14(12-18(20)25)22(29)28-24(33)26-16-6-4-5-15(11-16)23-27-19-13-17(30-2)8-10-21(19)32-23/h4-13H,3H2,1-2H3,(H2,26,28,29,33). The lowest BCUT2D eigenvalue weighted by Crippen LogP contribution is -2.34. The van der Waals surface area contributed by atoms with E-state index in [4.69, 9.17) is 26.1 Å². The third kappa shape index (κ3) is 5.32. The van der Waals surface area contributed by atoms with Crippen molar-refractivity contribution in [1.29, 1.82) is 0 Å². The molecule has 0 bridgehead atoms. The van der Waals surface area contributed by atoms with Crippen molar-refractivity contribution in [3.05, 3.63) is 70.7 Å². The van der Waals surface area contributed by atoms with E-state index in [0.717, 1.165) is 5.56 Å². The molecule has 4 aromatic rings. The maximum atomic E-state index is 12.6. The third-order valence-corrected chi connectivity index (χ3v) is 5.51. The maximum absolute atomic E-state index is 12.6. The Morgan fingerprint density at radius 2 is 2.00 bits per heavy atom. The van der Waals surface area contributed by atoms with Gasteiger partial charge in [-0.25, -0.2) is 4.98 Å². The summed E-state index contributed by atoms with van der Waals surface area (Å²) in [7, 11) is 1.60. The summed E-state index contributed by atoms with van der Waals surface area (Å²) in [5, 5.41) is 5.88. The van der Waals surface area contributed by atoms with Crippen molar-refractivity contribution in [2.24, 2.45) is 0 Å². The lowest BCUT2D eigenvalue weighted by molar-refractivity contribution is 0.0977. The summed E-state index contributed by atoms with van der Waals surface area (Å²) >= 11 is 8.73. The molecule has 0 aliphatic carbocycles. The fourth-order valence-corrected chi connectivity index (χ4v) is 3.84. The van der Waals surface area contributed by atoms with E-state index in [0.29, 0.717) is 50.8 Å². The van der Waals surface area contributed by atoms with Crippen molar-refractivity contribution < 1.29 is 18.7 Å². The fraction of sp³-hybridized carbons (Fsp3) is 0.125. The lowest BCUT2D eigenvalue weighted by atomic mass is 10.2. The van der Waals surface area contributed by atoms with Gasteiger partial charge in [-0.1, -0.05) is 6.07 Å². The van der Waals surface area contributed by atoms with Gasteiger partial charge in [-0.2, -0.15) is 0 Å². The number of thiocarbonyl (C=S) groups is 1. The molecule has 0 saturated carbocycles. The molecule has 1 aromatic heterocycles. The molecule has 1 amide bonds. The largest absolute Gasteiger partial charge is 0.497 e. The predicted molar refractivity (Wildman–Crippen MR) is 135 cm³/mol. The smallest absolute Gasteiger partial charge is 0.257 e. The lowest BCUT2D eigenvalue weighted by Gasteiger charge is -2.11. The molecule has 0 atom stereocenters. The Bertz CT molecular complexity index is 1340. The Labute approximate surface area is 204 Å². The van der Waals surface area contributed by atoms with E-state index in [1.165, 1.54) is 0 Å². The number of nitrogens with one attached hydrogen (secondary N) is 2. The van der Waals surface area contributed by atoms with Crippen molar-refractivity contribution in [2.75, 3.05) is 19.0 Å². The summed E-state index contributed by atoms with van der Waals surface area (Å²) in [6.45, 7) is 2.43. The van der Waals surface area contributed by atoms with Crippen LogP contribution in [0.1, 0.15) is 17.3 Å². The number of anilines is 1. The molecule has 0 spiro atoms. The Kier molecular flexibility index (Phi) is 6.90. The highest BCUT2D eigenvalue weighted by molar-refractivity contribution is 9.10. The maximum Gasteiger partial charge on any atom is 0.257 e. The van der Waals surface area contributed by atoms with Gasteiger partial charge in [0.15, 0.2) is 10.7 Å². The molecule has 0 unspecified atom stereocenters. The van der Waals surface area contributed by atoms with Gasteiger partial charge >= 0.3 is 0 Å². The quantitative estimate of drug-likeness (QED) is 0.308. The highest BCUT2D eigenvalue weighted by Gasteiger charge is 2.13. The number of aromatic nitrogens is 1. The average Bonchev–Trinajstić information content (AvgIpc) is 3.24. The summed E-state index contributed by atoms with van der Waals surface area (Å²) in [5.74, 6) is 1.51. The summed E-state index contributed by atoms with van der Waals surface area (Å²) in [6, 6.07) is 18.0. The first-order chi connectivity index (χ1) is 16.0. The summed E-state index contributed by atoms with van der Waals surface area (Å²) in [4.78, 5) is 17.1. The molecule has 0 aliphatic heterocycles. The molecule has 0 fully saturated rings.